The fraction of sp³-hybridized carbons (Fsp3) is 0.429. The number of carboxylic acid groups (broad SMARTS) is 1. The summed E-state index contributed by atoms with van der Waals surface area (Å²) in [4.78, 5) is 26.3. The number of piperidine rings is 1. The molecule has 31 heavy (non-hydrogen) atoms. The normalized spacial score (nSPS) is 14.8. The Labute approximate surface area is 180 Å². The van der Waals surface area contributed by atoms with E-state index in [0.29, 0.717) is 54.6 Å². The maximum absolute atomic E-state index is 11.0. The number of rotatable bonds is 7. The quantitative estimate of drug-likeness (QED) is 0.526. The van der Waals surface area contributed by atoms with Gasteiger partial charge in [-0.3, -0.25) is 0 Å². The molecule has 166 valence electrons. The smallest absolute Gasteiger partial charge is 0.407 e. The summed E-state index contributed by atoms with van der Waals surface area (Å²) in [7, 11) is 3.15. The second kappa shape index (κ2) is 9.96. The van der Waals surface area contributed by atoms with Crippen LogP contribution in [0.15, 0.2) is 29.7 Å². The van der Waals surface area contributed by atoms with Crippen LogP contribution in [0.25, 0.3) is 0 Å². The number of benzene rings is 1. The Morgan fingerprint density at radius 3 is 2.45 bits per heavy atom. The van der Waals surface area contributed by atoms with E-state index < -0.39 is 6.09 Å². The van der Waals surface area contributed by atoms with Crippen molar-refractivity contribution in [2.24, 2.45) is 5.16 Å². The van der Waals surface area contributed by atoms with Gasteiger partial charge in [-0.05, 0) is 32.0 Å². The Hall–Kier alpha value is -3.56. The molecular formula is C21H26N4O6. The summed E-state index contributed by atoms with van der Waals surface area (Å²) in [5.41, 5.74) is 2.06. The molecule has 2 heterocycles. The summed E-state index contributed by atoms with van der Waals surface area (Å²) in [6.07, 6.45) is 1.53. The molecule has 0 atom stereocenters. The van der Waals surface area contributed by atoms with Crippen molar-refractivity contribution in [3.05, 3.63) is 35.7 Å². The average Bonchev–Trinajstić information content (AvgIpc) is 2.79. The number of oxime groups is 1. The van der Waals surface area contributed by atoms with E-state index in [1.165, 1.54) is 11.2 Å². The molecule has 3 rings (SSSR count). The molecule has 1 N–H and O–H groups in total. The molecule has 0 aliphatic carbocycles. The van der Waals surface area contributed by atoms with E-state index in [-0.39, 0.29) is 12.0 Å². The number of amides is 1. The van der Waals surface area contributed by atoms with Gasteiger partial charge in [-0.15, -0.1) is 0 Å². The molecule has 0 saturated carbocycles. The van der Waals surface area contributed by atoms with E-state index in [0.717, 1.165) is 5.56 Å². The highest BCUT2D eigenvalue weighted by molar-refractivity contribution is 5.98. The van der Waals surface area contributed by atoms with Crippen LogP contribution >= 0.6 is 0 Å². The third-order valence-electron chi connectivity index (χ3n) is 5.05. The second-order valence-corrected chi connectivity index (χ2v) is 7.03. The van der Waals surface area contributed by atoms with Gasteiger partial charge in [0, 0.05) is 31.5 Å². The van der Waals surface area contributed by atoms with Crippen LogP contribution in [-0.4, -0.2) is 65.2 Å². The van der Waals surface area contributed by atoms with Crippen molar-refractivity contribution < 1.29 is 28.9 Å². The first-order valence-electron chi connectivity index (χ1n) is 9.83. The van der Waals surface area contributed by atoms with Crippen LogP contribution in [0.1, 0.15) is 30.9 Å². The van der Waals surface area contributed by atoms with Gasteiger partial charge >= 0.3 is 6.09 Å². The van der Waals surface area contributed by atoms with Crippen LogP contribution in [0, 0.1) is 6.92 Å². The third kappa shape index (κ3) is 5.33. The minimum atomic E-state index is -0.907. The first-order chi connectivity index (χ1) is 14.9. The molecule has 1 fully saturated rings. The van der Waals surface area contributed by atoms with Crippen LogP contribution in [-0.2, 0) is 0 Å². The SMILES string of the molecule is COc1ccc(C(C)=NOc2ncnc(OC3CCN(C(=O)O)CC3)c2C)cc1OC. The molecule has 10 nitrogen and oxygen atoms in total. The number of hydrogen-bond acceptors (Lipinski definition) is 8. The lowest BCUT2D eigenvalue weighted by Crippen LogP contribution is -2.41. The Morgan fingerprint density at radius 1 is 1.13 bits per heavy atom. The summed E-state index contributed by atoms with van der Waals surface area (Å²) in [6.45, 7) is 4.47. The van der Waals surface area contributed by atoms with Crippen LogP contribution in [0.5, 0.6) is 23.3 Å². The summed E-state index contributed by atoms with van der Waals surface area (Å²) in [6, 6.07) is 5.46. The Bertz CT molecular complexity index is 957. The predicted molar refractivity (Wildman–Crippen MR) is 112 cm³/mol. The van der Waals surface area contributed by atoms with Crippen molar-refractivity contribution in [2.75, 3.05) is 27.3 Å². The van der Waals surface area contributed by atoms with E-state index in [1.54, 1.807) is 27.2 Å². The molecule has 0 radical (unpaired) electrons. The van der Waals surface area contributed by atoms with Gasteiger partial charge in [0.1, 0.15) is 12.4 Å². The first-order valence-corrected chi connectivity index (χ1v) is 9.83. The molecule has 1 aromatic carbocycles. The maximum Gasteiger partial charge on any atom is 0.407 e. The Morgan fingerprint density at radius 2 is 1.81 bits per heavy atom. The van der Waals surface area contributed by atoms with Gasteiger partial charge in [0.15, 0.2) is 11.5 Å². The maximum atomic E-state index is 11.0. The lowest BCUT2D eigenvalue weighted by molar-refractivity contribution is 0.0863. The zero-order chi connectivity index (χ0) is 22.4. The van der Waals surface area contributed by atoms with Crippen LogP contribution in [0.2, 0.25) is 0 Å². The second-order valence-electron chi connectivity index (χ2n) is 7.03. The molecule has 2 aromatic rings. The largest absolute Gasteiger partial charge is 0.493 e. The number of nitrogens with zero attached hydrogens (tertiary/aromatic N) is 4. The molecule has 1 aliphatic heterocycles. The summed E-state index contributed by atoms with van der Waals surface area (Å²) < 4.78 is 16.5. The zero-order valence-electron chi connectivity index (χ0n) is 18.0. The average molecular weight is 430 g/mol. The number of likely N-dealkylation sites (tertiary alicyclic amines) is 1. The molecule has 1 aromatic heterocycles. The third-order valence-corrected chi connectivity index (χ3v) is 5.05. The zero-order valence-corrected chi connectivity index (χ0v) is 18.0. The molecule has 0 unspecified atom stereocenters. The van der Waals surface area contributed by atoms with Gasteiger partial charge in [0.2, 0.25) is 5.88 Å². The Balaban J connectivity index is 1.68. The van der Waals surface area contributed by atoms with Crippen LogP contribution < -0.4 is 19.0 Å². The predicted octanol–water partition coefficient (Wildman–Crippen LogP) is 3.13. The summed E-state index contributed by atoms with van der Waals surface area (Å²) in [5, 5.41) is 13.2. The Kier molecular flexibility index (Phi) is 7.11. The minimum absolute atomic E-state index is 0.117. The van der Waals surface area contributed by atoms with E-state index >= 15 is 0 Å². The van der Waals surface area contributed by atoms with Crippen LogP contribution in [0.4, 0.5) is 4.79 Å². The van der Waals surface area contributed by atoms with E-state index in [2.05, 4.69) is 15.1 Å². The van der Waals surface area contributed by atoms with Gasteiger partial charge in [-0.25, -0.2) is 9.78 Å². The molecule has 1 amide bonds. The van der Waals surface area contributed by atoms with E-state index in [1.807, 2.05) is 19.1 Å². The minimum Gasteiger partial charge on any atom is -0.493 e. The monoisotopic (exact) mass is 430 g/mol. The molecule has 0 spiro atoms. The molecular weight excluding hydrogens is 404 g/mol. The summed E-state index contributed by atoms with van der Waals surface area (Å²) in [5.74, 6) is 1.91. The van der Waals surface area contributed by atoms with Crippen molar-refractivity contribution >= 4 is 11.8 Å². The number of ether oxygens (including phenoxy) is 3. The number of carbonyl (C=O) groups is 1. The van der Waals surface area contributed by atoms with Crippen molar-refractivity contribution in [2.45, 2.75) is 32.8 Å². The standard InChI is InChI=1S/C21H26N4O6/c1-13-19(30-16-7-9-25(10-8-16)21(26)27)22-12-23-20(13)31-24-14(2)15-5-6-17(28-3)18(11-15)29-4/h5-6,11-12,16H,7-10H2,1-4H3,(H,26,27). The summed E-state index contributed by atoms with van der Waals surface area (Å²) >= 11 is 0. The number of aromatic nitrogens is 2. The highest BCUT2D eigenvalue weighted by atomic mass is 16.6. The fourth-order valence-corrected chi connectivity index (χ4v) is 3.18. The molecule has 0 bridgehead atoms. The van der Waals surface area contributed by atoms with Crippen molar-refractivity contribution in [1.29, 1.82) is 0 Å². The van der Waals surface area contributed by atoms with E-state index in [9.17, 15) is 4.79 Å². The highest BCUT2D eigenvalue weighted by Crippen LogP contribution is 2.28. The lowest BCUT2D eigenvalue weighted by Gasteiger charge is -2.30. The van der Waals surface area contributed by atoms with Crippen molar-refractivity contribution in [3.8, 4) is 23.3 Å². The van der Waals surface area contributed by atoms with Crippen molar-refractivity contribution in [3.63, 3.8) is 0 Å². The van der Waals surface area contributed by atoms with Crippen LogP contribution in [0.3, 0.4) is 0 Å². The van der Waals surface area contributed by atoms with Gasteiger partial charge in [-0.2, -0.15) is 4.98 Å². The van der Waals surface area contributed by atoms with Gasteiger partial charge in [0.05, 0.1) is 25.5 Å². The van der Waals surface area contributed by atoms with Crippen molar-refractivity contribution in [1.82, 2.24) is 14.9 Å². The van der Waals surface area contributed by atoms with Gasteiger partial charge in [-0.1, -0.05) is 5.16 Å². The first kappa shape index (κ1) is 22.1. The molecule has 10 heteroatoms. The topological polar surface area (TPSA) is 116 Å². The van der Waals surface area contributed by atoms with E-state index in [4.69, 9.17) is 24.2 Å². The molecule has 1 aliphatic rings. The highest BCUT2D eigenvalue weighted by Gasteiger charge is 2.24. The lowest BCUT2D eigenvalue weighted by atomic mass is 10.1. The molecule has 1 saturated heterocycles. The number of hydrogen-bond donors (Lipinski definition) is 1. The fourth-order valence-electron chi connectivity index (χ4n) is 3.18. The van der Waals surface area contributed by atoms with Gasteiger partial charge < -0.3 is 29.1 Å². The van der Waals surface area contributed by atoms with Gasteiger partial charge in [0.25, 0.3) is 5.88 Å². The number of methoxy groups -OCH3 is 2.